The summed E-state index contributed by atoms with van der Waals surface area (Å²) in [7, 11) is 0. The first kappa shape index (κ1) is 16.5. The van der Waals surface area contributed by atoms with E-state index in [0.717, 1.165) is 24.9 Å². The number of anilines is 1. The van der Waals surface area contributed by atoms with E-state index in [9.17, 15) is 5.26 Å². The van der Waals surface area contributed by atoms with Crippen LogP contribution in [0.1, 0.15) is 24.0 Å². The molecular weight excluding hydrogens is 324 g/mol. The van der Waals surface area contributed by atoms with Crippen LogP contribution >= 0.6 is 11.8 Å². The van der Waals surface area contributed by atoms with Gasteiger partial charge in [-0.05, 0) is 31.6 Å². The number of piperidine rings is 1. The van der Waals surface area contributed by atoms with Gasteiger partial charge in [0.05, 0.1) is 12.7 Å². The van der Waals surface area contributed by atoms with Crippen LogP contribution in [0.2, 0.25) is 0 Å². The summed E-state index contributed by atoms with van der Waals surface area (Å²) < 4.78 is 5.90. The normalized spacial score (nSPS) is 17.4. The maximum Gasteiger partial charge on any atom is 0.316 e. The van der Waals surface area contributed by atoms with Crippen LogP contribution in [0, 0.1) is 18.3 Å². The minimum atomic E-state index is -0.0271. The molecule has 0 saturated carbocycles. The highest BCUT2D eigenvalue weighted by Gasteiger charge is 2.25. The molecule has 8 heteroatoms. The number of hydrogen-bond acceptors (Lipinski definition) is 8. The van der Waals surface area contributed by atoms with Gasteiger partial charge >= 0.3 is 6.01 Å². The van der Waals surface area contributed by atoms with E-state index in [2.05, 4.69) is 30.9 Å². The zero-order chi connectivity index (χ0) is 16.9. The van der Waals surface area contributed by atoms with Crippen molar-refractivity contribution in [1.29, 1.82) is 5.26 Å². The van der Waals surface area contributed by atoms with Crippen molar-refractivity contribution >= 4 is 17.6 Å². The van der Waals surface area contributed by atoms with E-state index in [1.165, 1.54) is 11.8 Å². The molecule has 1 aliphatic heterocycles. The molecule has 0 radical (unpaired) electrons. The lowest BCUT2D eigenvalue weighted by molar-refractivity contribution is 0.164. The van der Waals surface area contributed by atoms with Gasteiger partial charge in [0.1, 0.15) is 17.7 Å². The van der Waals surface area contributed by atoms with Gasteiger partial charge in [0.25, 0.3) is 0 Å². The SMILES string of the molecule is CSc1ncc(C#N)c(N2CCCC(Oc3ncc(C)cn3)C2)n1. The highest BCUT2D eigenvalue weighted by molar-refractivity contribution is 7.98. The predicted molar refractivity (Wildman–Crippen MR) is 91.2 cm³/mol. The first-order valence-corrected chi connectivity index (χ1v) is 8.93. The first-order chi connectivity index (χ1) is 11.7. The number of ether oxygens (including phenoxy) is 1. The van der Waals surface area contributed by atoms with Crippen molar-refractivity contribution in [2.24, 2.45) is 0 Å². The minimum Gasteiger partial charge on any atom is -0.458 e. The summed E-state index contributed by atoms with van der Waals surface area (Å²) in [4.78, 5) is 19.2. The Morgan fingerprint density at radius 1 is 1.29 bits per heavy atom. The van der Waals surface area contributed by atoms with Crippen LogP contribution in [0.25, 0.3) is 0 Å². The molecule has 1 unspecified atom stereocenters. The maximum atomic E-state index is 9.33. The monoisotopic (exact) mass is 342 g/mol. The largest absolute Gasteiger partial charge is 0.458 e. The van der Waals surface area contributed by atoms with Crippen molar-refractivity contribution < 1.29 is 4.74 Å². The molecule has 0 bridgehead atoms. The lowest BCUT2D eigenvalue weighted by Crippen LogP contribution is -2.42. The van der Waals surface area contributed by atoms with E-state index in [1.807, 2.05) is 13.2 Å². The van der Waals surface area contributed by atoms with Gasteiger partial charge in [-0.25, -0.2) is 19.9 Å². The van der Waals surface area contributed by atoms with Crippen molar-refractivity contribution in [3.63, 3.8) is 0 Å². The van der Waals surface area contributed by atoms with Crippen LogP contribution in [0.4, 0.5) is 5.82 Å². The number of rotatable bonds is 4. The number of nitrogens with zero attached hydrogens (tertiary/aromatic N) is 6. The Bertz CT molecular complexity index is 745. The summed E-state index contributed by atoms with van der Waals surface area (Å²) >= 11 is 1.46. The quantitative estimate of drug-likeness (QED) is 0.617. The molecule has 0 amide bonds. The first-order valence-electron chi connectivity index (χ1n) is 7.71. The van der Waals surface area contributed by atoms with E-state index < -0.39 is 0 Å². The second kappa shape index (κ2) is 7.45. The van der Waals surface area contributed by atoms with Crippen LogP contribution in [0.15, 0.2) is 23.7 Å². The molecule has 1 fully saturated rings. The van der Waals surface area contributed by atoms with Gasteiger partial charge in [-0.1, -0.05) is 11.8 Å². The molecule has 124 valence electrons. The third-order valence-corrected chi connectivity index (χ3v) is 4.32. The van der Waals surface area contributed by atoms with Gasteiger partial charge in [-0.15, -0.1) is 0 Å². The van der Waals surface area contributed by atoms with Gasteiger partial charge in [0.15, 0.2) is 11.0 Å². The van der Waals surface area contributed by atoms with Gasteiger partial charge in [0.2, 0.25) is 0 Å². The standard InChI is InChI=1S/C16H18N6OS/c1-11-7-18-15(19-8-11)23-13-4-3-5-22(10-13)14-12(6-17)9-20-16(21-14)24-2/h7-9,13H,3-5,10H2,1-2H3. The second-order valence-electron chi connectivity index (χ2n) is 5.58. The molecule has 3 rings (SSSR count). The molecule has 0 aliphatic carbocycles. The third kappa shape index (κ3) is 3.74. The molecule has 24 heavy (non-hydrogen) atoms. The lowest BCUT2D eigenvalue weighted by atomic mass is 10.1. The molecule has 3 heterocycles. The summed E-state index contributed by atoms with van der Waals surface area (Å²) in [6.45, 7) is 3.43. The highest BCUT2D eigenvalue weighted by Crippen LogP contribution is 2.24. The van der Waals surface area contributed by atoms with Crippen LogP contribution in [0.3, 0.4) is 0 Å². The van der Waals surface area contributed by atoms with Gasteiger partial charge in [0, 0.05) is 18.9 Å². The summed E-state index contributed by atoms with van der Waals surface area (Å²) in [5.74, 6) is 0.676. The van der Waals surface area contributed by atoms with Crippen molar-refractivity contribution in [1.82, 2.24) is 19.9 Å². The molecule has 1 aliphatic rings. The van der Waals surface area contributed by atoms with E-state index >= 15 is 0 Å². The fraction of sp³-hybridized carbons (Fsp3) is 0.438. The van der Waals surface area contributed by atoms with Crippen molar-refractivity contribution in [2.45, 2.75) is 31.0 Å². The Balaban J connectivity index is 1.76. The van der Waals surface area contributed by atoms with E-state index in [4.69, 9.17) is 4.74 Å². The van der Waals surface area contributed by atoms with Crippen molar-refractivity contribution in [3.05, 3.63) is 29.7 Å². The number of hydrogen-bond donors (Lipinski definition) is 0. The van der Waals surface area contributed by atoms with E-state index in [-0.39, 0.29) is 6.10 Å². The van der Waals surface area contributed by atoms with Crippen LogP contribution in [0.5, 0.6) is 6.01 Å². The van der Waals surface area contributed by atoms with Crippen LogP contribution in [-0.2, 0) is 0 Å². The fourth-order valence-corrected chi connectivity index (χ4v) is 2.93. The number of thioether (sulfide) groups is 1. The molecule has 1 atom stereocenters. The molecule has 0 N–H and O–H groups in total. The molecular formula is C16H18N6OS. The topological polar surface area (TPSA) is 87.8 Å². The van der Waals surface area contributed by atoms with Crippen molar-refractivity contribution in [2.75, 3.05) is 24.2 Å². The zero-order valence-electron chi connectivity index (χ0n) is 13.6. The Kier molecular flexibility index (Phi) is 5.11. The molecule has 0 spiro atoms. The second-order valence-corrected chi connectivity index (χ2v) is 6.35. The zero-order valence-corrected chi connectivity index (χ0v) is 14.5. The average molecular weight is 342 g/mol. The average Bonchev–Trinajstić information content (AvgIpc) is 2.63. The van der Waals surface area contributed by atoms with Crippen molar-refractivity contribution in [3.8, 4) is 12.1 Å². The van der Waals surface area contributed by atoms with E-state index in [0.29, 0.717) is 29.1 Å². The van der Waals surface area contributed by atoms with Gasteiger partial charge in [-0.3, -0.25) is 0 Å². The number of aromatic nitrogens is 4. The van der Waals surface area contributed by atoms with Crippen LogP contribution < -0.4 is 9.64 Å². The molecule has 7 nitrogen and oxygen atoms in total. The highest BCUT2D eigenvalue weighted by atomic mass is 32.2. The lowest BCUT2D eigenvalue weighted by Gasteiger charge is -2.33. The Hall–Kier alpha value is -2.40. The van der Waals surface area contributed by atoms with Crippen LogP contribution in [-0.4, -0.2) is 45.4 Å². The summed E-state index contributed by atoms with van der Waals surface area (Å²) in [6.07, 6.45) is 8.85. The minimum absolute atomic E-state index is 0.0271. The van der Waals surface area contributed by atoms with Gasteiger partial charge < -0.3 is 9.64 Å². The molecule has 2 aromatic rings. The molecule has 1 saturated heterocycles. The molecule has 0 aromatic carbocycles. The maximum absolute atomic E-state index is 9.33. The Morgan fingerprint density at radius 2 is 2.08 bits per heavy atom. The third-order valence-electron chi connectivity index (χ3n) is 3.76. The number of nitriles is 1. The fourth-order valence-electron chi connectivity index (χ4n) is 2.59. The number of aryl methyl sites for hydroxylation is 1. The Labute approximate surface area is 145 Å². The molecule has 2 aromatic heterocycles. The Morgan fingerprint density at radius 3 is 2.79 bits per heavy atom. The van der Waals surface area contributed by atoms with Gasteiger partial charge in [-0.2, -0.15) is 5.26 Å². The van der Waals surface area contributed by atoms with E-state index in [1.54, 1.807) is 18.6 Å². The smallest absolute Gasteiger partial charge is 0.316 e. The predicted octanol–water partition coefficient (Wildman–Crippen LogP) is 2.22. The summed E-state index contributed by atoms with van der Waals surface area (Å²) in [5, 5.41) is 9.99. The summed E-state index contributed by atoms with van der Waals surface area (Å²) in [5.41, 5.74) is 1.48. The summed E-state index contributed by atoms with van der Waals surface area (Å²) in [6, 6.07) is 2.56.